The molecule has 0 unspecified atom stereocenters. The fraction of sp³-hybridized carbons (Fsp3) is 0.357. The van der Waals surface area contributed by atoms with Crippen LogP contribution in [0.15, 0.2) is 60.0 Å². The van der Waals surface area contributed by atoms with E-state index in [1.54, 1.807) is 23.3 Å². The van der Waals surface area contributed by atoms with Crippen molar-refractivity contribution in [3.8, 4) is 11.5 Å². The summed E-state index contributed by atoms with van der Waals surface area (Å²) >= 11 is 1.68. The van der Waals surface area contributed by atoms with E-state index in [1.165, 1.54) is 29.1 Å². The summed E-state index contributed by atoms with van der Waals surface area (Å²) in [4.78, 5) is 31.5. The lowest BCUT2D eigenvalue weighted by atomic mass is 10.00. The van der Waals surface area contributed by atoms with Gasteiger partial charge in [-0.05, 0) is 65.7 Å². The van der Waals surface area contributed by atoms with Gasteiger partial charge in [-0.3, -0.25) is 9.59 Å². The smallest absolute Gasteiger partial charge is 0.254 e. The molecule has 8 heteroatoms. The number of nitrogens with zero attached hydrogens (tertiary/aromatic N) is 2. The van der Waals surface area contributed by atoms with Gasteiger partial charge in [-0.15, -0.1) is 11.3 Å². The molecule has 1 aromatic heterocycles. The third-order valence-electron chi connectivity index (χ3n) is 6.17. The average Bonchev–Trinajstić information content (AvgIpc) is 3.36. The molecule has 0 spiro atoms. The zero-order valence-corrected chi connectivity index (χ0v) is 21.6. The molecule has 0 radical (unpaired) electrons. The Kier molecular flexibility index (Phi) is 8.25. The van der Waals surface area contributed by atoms with Crippen LogP contribution in [0.25, 0.3) is 0 Å². The first-order valence-electron chi connectivity index (χ1n) is 12.0. The van der Waals surface area contributed by atoms with Gasteiger partial charge in [0.05, 0.1) is 13.2 Å². The van der Waals surface area contributed by atoms with Gasteiger partial charge in [-0.1, -0.05) is 26.0 Å². The number of carbonyl (C=O) groups is 2. The highest BCUT2D eigenvalue weighted by atomic mass is 32.1. The van der Waals surface area contributed by atoms with E-state index in [0.717, 1.165) is 12.0 Å². The minimum Gasteiger partial charge on any atom is -0.493 e. The van der Waals surface area contributed by atoms with Gasteiger partial charge >= 0.3 is 0 Å². The Morgan fingerprint density at radius 1 is 1.11 bits per heavy atom. The second-order valence-corrected chi connectivity index (χ2v) is 10.2. The number of amides is 2. The molecule has 0 aliphatic carbocycles. The van der Waals surface area contributed by atoms with E-state index < -0.39 is 5.82 Å². The molecule has 4 rings (SSSR count). The lowest BCUT2D eigenvalue weighted by Crippen LogP contribution is -2.48. The third-order valence-corrected chi connectivity index (χ3v) is 7.17. The molecule has 2 amide bonds. The fourth-order valence-corrected chi connectivity index (χ4v) is 5.40. The second-order valence-electron chi connectivity index (χ2n) is 9.20. The summed E-state index contributed by atoms with van der Waals surface area (Å²) < 4.78 is 24.9. The first-order valence-corrected chi connectivity index (χ1v) is 12.9. The molecule has 0 saturated carbocycles. The minimum absolute atomic E-state index is 0.0565. The number of ether oxygens (including phenoxy) is 2. The van der Waals surface area contributed by atoms with Gasteiger partial charge in [0.2, 0.25) is 5.91 Å². The number of thiophene rings is 1. The molecule has 1 aliphatic heterocycles. The van der Waals surface area contributed by atoms with Crippen molar-refractivity contribution in [1.29, 1.82) is 0 Å². The standard InChI is InChI=1S/C28H31FN2O4S/c1-19(2)16-30(28(33)20-8-10-21(29)11-9-20)17-27(32)31-14-12-26-22(13-15-36-26)23(31)18-35-25-7-5-4-6-24(25)34-3/h4-11,13,15,19,23H,12,14,16-18H2,1-3H3/t23-/m0/s1. The maximum atomic E-state index is 13.7. The SMILES string of the molecule is COc1ccccc1OC[C@H]1c2ccsc2CCN1C(=O)CN(CC(C)C)C(=O)c1ccc(F)cc1. The molecule has 6 nitrogen and oxygen atoms in total. The maximum Gasteiger partial charge on any atom is 0.254 e. The lowest BCUT2D eigenvalue weighted by molar-refractivity contribution is -0.135. The number of benzene rings is 2. The molecule has 2 aromatic carbocycles. The summed E-state index contributed by atoms with van der Waals surface area (Å²) in [7, 11) is 1.59. The molecular formula is C28H31FN2O4S. The highest BCUT2D eigenvalue weighted by Crippen LogP contribution is 2.35. The van der Waals surface area contributed by atoms with Gasteiger partial charge in [0.1, 0.15) is 19.0 Å². The highest BCUT2D eigenvalue weighted by molar-refractivity contribution is 7.10. The van der Waals surface area contributed by atoms with Crippen molar-refractivity contribution in [2.24, 2.45) is 5.92 Å². The number of para-hydroxylation sites is 2. The largest absolute Gasteiger partial charge is 0.493 e. The number of carbonyl (C=O) groups excluding carboxylic acids is 2. The molecular weight excluding hydrogens is 479 g/mol. The Bertz CT molecular complexity index is 1190. The van der Waals surface area contributed by atoms with Crippen molar-refractivity contribution in [3.63, 3.8) is 0 Å². The van der Waals surface area contributed by atoms with Gasteiger partial charge in [0, 0.05) is 23.5 Å². The Hall–Kier alpha value is -3.39. The van der Waals surface area contributed by atoms with Gasteiger partial charge < -0.3 is 19.3 Å². The van der Waals surface area contributed by atoms with Crippen LogP contribution in [0, 0.1) is 11.7 Å². The molecule has 1 aliphatic rings. The maximum absolute atomic E-state index is 13.7. The van der Waals surface area contributed by atoms with Gasteiger partial charge in [-0.25, -0.2) is 4.39 Å². The van der Waals surface area contributed by atoms with Crippen LogP contribution in [-0.2, 0) is 11.2 Å². The second kappa shape index (κ2) is 11.6. The number of hydrogen-bond donors (Lipinski definition) is 0. The van der Waals surface area contributed by atoms with Crippen molar-refractivity contribution in [3.05, 3.63) is 81.8 Å². The Morgan fingerprint density at radius 2 is 1.83 bits per heavy atom. The van der Waals surface area contributed by atoms with Gasteiger partial charge in [-0.2, -0.15) is 0 Å². The van der Waals surface area contributed by atoms with E-state index in [4.69, 9.17) is 9.47 Å². The first kappa shape index (κ1) is 25.7. The summed E-state index contributed by atoms with van der Waals surface area (Å²) in [5, 5.41) is 2.04. The average molecular weight is 511 g/mol. The van der Waals surface area contributed by atoms with Crippen molar-refractivity contribution in [1.82, 2.24) is 9.80 Å². The van der Waals surface area contributed by atoms with Crippen LogP contribution < -0.4 is 9.47 Å². The highest BCUT2D eigenvalue weighted by Gasteiger charge is 2.34. The van der Waals surface area contributed by atoms with Crippen LogP contribution in [0.5, 0.6) is 11.5 Å². The van der Waals surface area contributed by atoms with E-state index in [2.05, 4.69) is 0 Å². The summed E-state index contributed by atoms with van der Waals surface area (Å²) in [5.74, 6) is 0.573. The Morgan fingerprint density at radius 3 is 2.53 bits per heavy atom. The Balaban J connectivity index is 1.54. The molecule has 0 N–H and O–H groups in total. The number of hydrogen-bond acceptors (Lipinski definition) is 5. The monoisotopic (exact) mass is 510 g/mol. The molecule has 2 heterocycles. The van der Waals surface area contributed by atoms with Gasteiger partial charge in [0.15, 0.2) is 11.5 Å². The van der Waals surface area contributed by atoms with Crippen molar-refractivity contribution >= 4 is 23.2 Å². The van der Waals surface area contributed by atoms with E-state index in [0.29, 0.717) is 30.2 Å². The fourth-order valence-electron chi connectivity index (χ4n) is 4.47. The van der Waals surface area contributed by atoms with E-state index in [1.807, 2.05) is 54.5 Å². The van der Waals surface area contributed by atoms with Gasteiger partial charge in [0.25, 0.3) is 5.91 Å². The lowest BCUT2D eigenvalue weighted by Gasteiger charge is -2.37. The first-order chi connectivity index (χ1) is 17.4. The van der Waals surface area contributed by atoms with Crippen molar-refractivity contribution in [2.45, 2.75) is 26.3 Å². The van der Waals surface area contributed by atoms with Crippen LogP contribution in [0.2, 0.25) is 0 Å². The van der Waals surface area contributed by atoms with E-state index in [-0.39, 0.29) is 36.9 Å². The summed E-state index contributed by atoms with van der Waals surface area (Å²) in [6.07, 6.45) is 0.764. The number of methoxy groups -OCH3 is 1. The summed E-state index contributed by atoms with van der Waals surface area (Å²) in [6.45, 7) is 5.18. The minimum atomic E-state index is -0.407. The summed E-state index contributed by atoms with van der Waals surface area (Å²) in [5.41, 5.74) is 1.44. The third kappa shape index (κ3) is 5.87. The zero-order valence-electron chi connectivity index (χ0n) is 20.8. The molecule has 1 atom stereocenters. The quantitative estimate of drug-likeness (QED) is 0.397. The van der Waals surface area contributed by atoms with Crippen molar-refractivity contribution < 1.29 is 23.5 Å². The van der Waals surface area contributed by atoms with Crippen LogP contribution in [0.1, 0.15) is 40.7 Å². The predicted molar refractivity (Wildman–Crippen MR) is 138 cm³/mol. The Labute approximate surface area is 215 Å². The molecule has 0 bridgehead atoms. The van der Waals surface area contributed by atoms with E-state index in [9.17, 15) is 14.0 Å². The van der Waals surface area contributed by atoms with Crippen LogP contribution in [0.4, 0.5) is 4.39 Å². The molecule has 0 fully saturated rings. The topological polar surface area (TPSA) is 59.1 Å². The molecule has 3 aromatic rings. The summed E-state index contributed by atoms with van der Waals surface area (Å²) in [6, 6.07) is 14.6. The molecule has 36 heavy (non-hydrogen) atoms. The predicted octanol–water partition coefficient (Wildman–Crippen LogP) is 5.20. The number of halogens is 1. The van der Waals surface area contributed by atoms with Crippen molar-refractivity contribution in [2.75, 3.05) is 33.4 Å². The van der Waals surface area contributed by atoms with E-state index >= 15 is 0 Å². The van der Waals surface area contributed by atoms with Crippen LogP contribution in [0.3, 0.4) is 0 Å². The van der Waals surface area contributed by atoms with Crippen LogP contribution >= 0.6 is 11.3 Å². The number of fused-ring (bicyclic) bond motifs is 1. The zero-order chi connectivity index (χ0) is 25.7. The normalized spacial score (nSPS) is 14.9. The molecule has 190 valence electrons. The number of rotatable bonds is 9. The molecule has 0 saturated heterocycles. The van der Waals surface area contributed by atoms with Crippen LogP contribution in [-0.4, -0.2) is 55.0 Å².